The number of carbonyl (C=O) groups excluding carboxylic acids is 1. The van der Waals surface area contributed by atoms with Crippen molar-refractivity contribution in [2.75, 3.05) is 0 Å². The van der Waals surface area contributed by atoms with Crippen molar-refractivity contribution >= 4 is 5.97 Å². The molecule has 6 atom stereocenters. The van der Waals surface area contributed by atoms with Crippen LogP contribution in [0.4, 0.5) is 0 Å². The molecule has 140 valence electrons. The Bertz CT molecular complexity index is 614. The van der Waals surface area contributed by atoms with Gasteiger partial charge in [-0.25, -0.2) is 4.79 Å². The van der Waals surface area contributed by atoms with E-state index in [4.69, 9.17) is 4.74 Å². The van der Waals surface area contributed by atoms with E-state index in [-0.39, 0.29) is 17.3 Å². The van der Waals surface area contributed by atoms with Crippen LogP contribution in [0.5, 0.6) is 0 Å². The van der Waals surface area contributed by atoms with E-state index in [2.05, 4.69) is 26.0 Å². The summed E-state index contributed by atoms with van der Waals surface area (Å²) in [7, 11) is 0. The van der Waals surface area contributed by atoms with Gasteiger partial charge in [0.2, 0.25) is 5.79 Å². The van der Waals surface area contributed by atoms with E-state index in [1.54, 1.807) is 0 Å². The SMILES string of the molecule is C[C@H](/C=C/[C@H](C)C(C)(C)O)[C@H]1CC[C@H]2C3=CC(=O)O[C@@]3(O)CC[C@]12C. The van der Waals surface area contributed by atoms with E-state index in [0.29, 0.717) is 18.3 Å². The number of rotatable bonds is 4. The van der Waals surface area contributed by atoms with E-state index in [1.807, 2.05) is 20.8 Å². The first-order chi connectivity index (χ1) is 11.5. The third-order valence-corrected chi connectivity index (χ3v) is 7.23. The molecular formula is C21H32O4. The van der Waals surface area contributed by atoms with Gasteiger partial charge in [-0.05, 0) is 56.3 Å². The summed E-state index contributed by atoms with van der Waals surface area (Å²) in [5.74, 6) is -0.555. The van der Waals surface area contributed by atoms with E-state index in [0.717, 1.165) is 24.8 Å². The smallest absolute Gasteiger partial charge is 0.333 e. The second-order valence-electron chi connectivity index (χ2n) is 9.23. The maximum Gasteiger partial charge on any atom is 0.333 e. The fraction of sp³-hybridized carbons (Fsp3) is 0.762. The van der Waals surface area contributed by atoms with Crippen molar-refractivity contribution in [2.24, 2.45) is 29.1 Å². The molecule has 2 fully saturated rings. The van der Waals surface area contributed by atoms with Gasteiger partial charge in [0.15, 0.2) is 0 Å². The van der Waals surface area contributed by atoms with Crippen molar-refractivity contribution < 1.29 is 19.7 Å². The van der Waals surface area contributed by atoms with Gasteiger partial charge in [-0.3, -0.25) is 0 Å². The zero-order valence-electron chi connectivity index (χ0n) is 16.1. The molecule has 0 aromatic carbocycles. The van der Waals surface area contributed by atoms with Crippen LogP contribution in [0.1, 0.15) is 60.3 Å². The maximum atomic E-state index is 11.7. The maximum absolute atomic E-state index is 11.7. The van der Waals surface area contributed by atoms with Crippen molar-refractivity contribution in [1.82, 2.24) is 0 Å². The molecule has 0 radical (unpaired) electrons. The van der Waals surface area contributed by atoms with Gasteiger partial charge in [0.1, 0.15) is 0 Å². The Morgan fingerprint density at radius 2 is 1.96 bits per heavy atom. The van der Waals surface area contributed by atoms with E-state index >= 15 is 0 Å². The van der Waals surface area contributed by atoms with Crippen molar-refractivity contribution in [3.8, 4) is 0 Å². The lowest BCUT2D eigenvalue weighted by Gasteiger charge is -2.47. The third kappa shape index (κ3) is 3.08. The highest BCUT2D eigenvalue weighted by atomic mass is 16.7. The summed E-state index contributed by atoms with van der Waals surface area (Å²) in [5.41, 5.74) is 0.162. The molecule has 0 unspecified atom stereocenters. The molecule has 4 heteroatoms. The molecule has 0 amide bonds. The van der Waals surface area contributed by atoms with Crippen molar-refractivity contribution in [3.63, 3.8) is 0 Å². The number of carbonyl (C=O) groups is 1. The monoisotopic (exact) mass is 348 g/mol. The Kier molecular flexibility index (Phi) is 4.44. The quantitative estimate of drug-likeness (QED) is 0.602. The summed E-state index contributed by atoms with van der Waals surface area (Å²) in [6.07, 6.45) is 9.33. The number of ether oxygens (including phenoxy) is 1. The van der Waals surface area contributed by atoms with E-state index in [1.165, 1.54) is 6.08 Å². The van der Waals surface area contributed by atoms with Gasteiger partial charge >= 0.3 is 5.97 Å². The van der Waals surface area contributed by atoms with Crippen molar-refractivity contribution in [2.45, 2.75) is 71.7 Å². The molecule has 0 bridgehead atoms. The van der Waals surface area contributed by atoms with Crippen LogP contribution < -0.4 is 0 Å². The number of fused-ring (bicyclic) bond motifs is 3. The van der Waals surface area contributed by atoms with Gasteiger partial charge < -0.3 is 14.9 Å². The molecule has 0 spiro atoms. The first-order valence-corrected chi connectivity index (χ1v) is 9.55. The minimum atomic E-state index is -1.36. The van der Waals surface area contributed by atoms with Crippen LogP contribution >= 0.6 is 0 Å². The summed E-state index contributed by atoms with van der Waals surface area (Å²) in [4.78, 5) is 11.7. The van der Waals surface area contributed by atoms with E-state index in [9.17, 15) is 15.0 Å². The highest BCUT2D eigenvalue weighted by molar-refractivity contribution is 5.86. The first-order valence-electron chi connectivity index (χ1n) is 9.55. The number of esters is 1. The lowest BCUT2D eigenvalue weighted by molar-refractivity contribution is -0.196. The third-order valence-electron chi connectivity index (χ3n) is 7.23. The van der Waals surface area contributed by atoms with E-state index < -0.39 is 17.4 Å². The minimum absolute atomic E-state index is 0.0772. The lowest BCUT2D eigenvalue weighted by Crippen LogP contribution is -2.46. The number of hydrogen-bond acceptors (Lipinski definition) is 4. The molecule has 3 rings (SSSR count). The summed E-state index contributed by atoms with van der Waals surface area (Å²) < 4.78 is 5.20. The molecule has 0 aromatic rings. The van der Waals surface area contributed by atoms with Crippen LogP contribution in [0.15, 0.2) is 23.8 Å². The number of aliphatic hydroxyl groups is 2. The van der Waals surface area contributed by atoms with Crippen LogP contribution in [0.25, 0.3) is 0 Å². The average molecular weight is 348 g/mol. The minimum Gasteiger partial charge on any atom is -0.426 e. The first kappa shape index (κ1) is 18.7. The van der Waals surface area contributed by atoms with Gasteiger partial charge in [-0.15, -0.1) is 0 Å². The molecular weight excluding hydrogens is 316 g/mol. The molecule has 2 N–H and O–H groups in total. The molecule has 3 aliphatic rings. The molecule has 4 nitrogen and oxygen atoms in total. The Morgan fingerprint density at radius 3 is 2.60 bits per heavy atom. The van der Waals surface area contributed by atoms with Gasteiger partial charge in [0.25, 0.3) is 0 Å². The summed E-state index contributed by atoms with van der Waals surface area (Å²) in [6, 6.07) is 0. The van der Waals surface area contributed by atoms with Crippen LogP contribution in [-0.2, 0) is 9.53 Å². The topological polar surface area (TPSA) is 66.8 Å². The van der Waals surface area contributed by atoms with Gasteiger partial charge in [-0.2, -0.15) is 0 Å². The summed E-state index contributed by atoms with van der Waals surface area (Å²) >= 11 is 0. The van der Waals surface area contributed by atoms with Crippen LogP contribution in [-0.4, -0.2) is 27.6 Å². The summed E-state index contributed by atoms with van der Waals surface area (Å²) in [6.45, 7) is 10.3. The van der Waals surface area contributed by atoms with Gasteiger partial charge in [0.05, 0.1) is 5.60 Å². The Labute approximate surface area is 151 Å². The molecule has 0 aromatic heterocycles. The highest BCUT2D eigenvalue weighted by Crippen LogP contribution is 2.62. The lowest BCUT2D eigenvalue weighted by atomic mass is 9.60. The molecule has 25 heavy (non-hydrogen) atoms. The second kappa shape index (κ2) is 5.95. The molecule has 0 saturated heterocycles. The second-order valence-corrected chi connectivity index (χ2v) is 9.23. The molecule has 2 saturated carbocycles. The molecule has 1 aliphatic heterocycles. The highest BCUT2D eigenvalue weighted by Gasteiger charge is 2.59. The van der Waals surface area contributed by atoms with Gasteiger partial charge in [0, 0.05) is 24.0 Å². The Morgan fingerprint density at radius 1 is 1.28 bits per heavy atom. The number of allylic oxidation sites excluding steroid dienone is 1. The van der Waals surface area contributed by atoms with Crippen molar-refractivity contribution in [3.05, 3.63) is 23.8 Å². The zero-order valence-corrected chi connectivity index (χ0v) is 16.1. The van der Waals surface area contributed by atoms with Crippen LogP contribution in [0, 0.1) is 29.1 Å². The molecule has 1 heterocycles. The Balaban J connectivity index is 1.79. The average Bonchev–Trinajstić information content (AvgIpc) is 2.99. The fourth-order valence-corrected chi connectivity index (χ4v) is 5.21. The number of hydrogen-bond donors (Lipinski definition) is 2. The van der Waals surface area contributed by atoms with Crippen molar-refractivity contribution in [1.29, 1.82) is 0 Å². The fourth-order valence-electron chi connectivity index (χ4n) is 5.21. The largest absolute Gasteiger partial charge is 0.426 e. The zero-order chi connectivity index (χ0) is 18.6. The predicted octanol–water partition coefficient (Wildman–Crippen LogP) is 3.58. The van der Waals surface area contributed by atoms with Gasteiger partial charge in [-0.1, -0.05) is 32.9 Å². The van der Waals surface area contributed by atoms with Crippen LogP contribution in [0.3, 0.4) is 0 Å². The summed E-state index contributed by atoms with van der Waals surface area (Å²) in [5, 5.41) is 20.8. The standard InChI is InChI=1S/C21H32O4/c1-13(6-7-14(2)19(3,4)23)15-8-9-16-17-12-18(22)25-21(17,24)11-10-20(15,16)5/h6-7,12-16,23-24H,8-11H2,1-5H3/b7-6+/t13-,14+,15-,16+,20-,21+/m1/s1. The molecule has 2 aliphatic carbocycles. The van der Waals surface area contributed by atoms with Crippen LogP contribution in [0.2, 0.25) is 0 Å². The Hall–Kier alpha value is -1.13. The predicted molar refractivity (Wildman–Crippen MR) is 96.4 cm³/mol. The normalized spacial score (nSPS) is 40.4.